The second-order valence-corrected chi connectivity index (χ2v) is 8.97. The summed E-state index contributed by atoms with van der Waals surface area (Å²) in [6.45, 7) is 6.33. The van der Waals surface area contributed by atoms with Crippen LogP contribution in [0.5, 0.6) is 5.75 Å². The maximum Gasteiger partial charge on any atom is 0.243 e. The van der Waals surface area contributed by atoms with Crippen molar-refractivity contribution in [2.45, 2.75) is 25.9 Å². The van der Waals surface area contributed by atoms with Gasteiger partial charge in [-0.05, 0) is 68.3 Å². The van der Waals surface area contributed by atoms with Crippen LogP contribution in [-0.4, -0.2) is 40.3 Å². The maximum absolute atomic E-state index is 12.5. The molecule has 4 aromatic rings. The van der Waals surface area contributed by atoms with Gasteiger partial charge in [-0.25, -0.2) is 4.98 Å². The Morgan fingerprint density at radius 2 is 1.66 bits per heavy atom. The average molecular weight is 489 g/mol. The molecule has 7 nitrogen and oxygen atoms in total. The van der Waals surface area contributed by atoms with Crippen LogP contribution in [0, 0.1) is 13.8 Å². The molecule has 0 fully saturated rings. The number of imidazole rings is 1. The summed E-state index contributed by atoms with van der Waals surface area (Å²) in [6, 6.07) is 21.5. The monoisotopic (exact) mass is 488 g/mol. The fourth-order valence-corrected chi connectivity index (χ4v) is 4.62. The Balaban J connectivity index is 1.42. The normalized spacial score (nSPS) is 10.8. The lowest BCUT2D eigenvalue weighted by Gasteiger charge is -2.12. The number of ether oxygens (including phenoxy) is 1. The third-order valence-electron chi connectivity index (χ3n) is 5.46. The van der Waals surface area contributed by atoms with Crippen LogP contribution in [0.4, 0.5) is 5.69 Å². The SMILES string of the molecule is CCOc1ccc(-n2c(SCC(=O)NCC(=O)Nc3c(C)cccc3C)nc3ccccc32)cc1. The van der Waals surface area contributed by atoms with Crippen LogP contribution in [0.3, 0.4) is 0 Å². The van der Waals surface area contributed by atoms with E-state index < -0.39 is 0 Å². The molecule has 2 N–H and O–H groups in total. The third-order valence-corrected chi connectivity index (χ3v) is 6.40. The van der Waals surface area contributed by atoms with E-state index in [1.165, 1.54) is 11.8 Å². The number of aromatic nitrogens is 2. The zero-order valence-electron chi connectivity index (χ0n) is 20.0. The van der Waals surface area contributed by atoms with Crippen LogP contribution in [-0.2, 0) is 9.59 Å². The molecule has 35 heavy (non-hydrogen) atoms. The standard InChI is InChI=1S/C27H28N4O3S/c1-4-34-21-14-12-20(13-15-21)31-23-11-6-5-10-22(23)29-27(31)35-17-25(33)28-16-24(32)30-26-18(2)8-7-9-19(26)3/h5-15H,4,16-17H2,1-3H3,(H,28,33)(H,30,32). The molecule has 4 rings (SSSR count). The minimum Gasteiger partial charge on any atom is -0.494 e. The number of anilines is 1. The molecule has 1 heterocycles. The number of hydrogen-bond donors (Lipinski definition) is 2. The molecule has 0 aliphatic carbocycles. The molecule has 0 saturated carbocycles. The molecule has 0 atom stereocenters. The van der Waals surface area contributed by atoms with Gasteiger partial charge in [0.25, 0.3) is 0 Å². The lowest BCUT2D eigenvalue weighted by Crippen LogP contribution is -2.34. The number of fused-ring (bicyclic) bond motifs is 1. The van der Waals surface area contributed by atoms with Gasteiger partial charge >= 0.3 is 0 Å². The summed E-state index contributed by atoms with van der Waals surface area (Å²) in [5.74, 6) is 0.435. The van der Waals surface area contributed by atoms with E-state index in [2.05, 4.69) is 10.6 Å². The number of nitrogens with zero attached hydrogens (tertiary/aromatic N) is 2. The largest absolute Gasteiger partial charge is 0.494 e. The number of carbonyl (C=O) groups excluding carboxylic acids is 2. The van der Waals surface area contributed by atoms with Crippen molar-refractivity contribution in [3.63, 3.8) is 0 Å². The number of thioether (sulfide) groups is 1. The number of benzene rings is 3. The van der Waals surface area contributed by atoms with E-state index in [0.29, 0.717) is 11.8 Å². The van der Waals surface area contributed by atoms with Crippen molar-refractivity contribution in [2.75, 3.05) is 24.2 Å². The van der Waals surface area contributed by atoms with Crippen LogP contribution >= 0.6 is 11.8 Å². The minimum atomic E-state index is -0.262. The van der Waals surface area contributed by atoms with E-state index in [1.807, 2.05) is 92.1 Å². The first-order valence-corrected chi connectivity index (χ1v) is 12.4. The quantitative estimate of drug-likeness (QED) is 0.328. The Kier molecular flexibility index (Phi) is 7.72. The molecular weight excluding hydrogens is 460 g/mol. The van der Waals surface area contributed by atoms with Crippen molar-refractivity contribution in [3.8, 4) is 11.4 Å². The number of para-hydroxylation sites is 3. The second kappa shape index (κ2) is 11.1. The van der Waals surface area contributed by atoms with E-state index in [-0.39, 0.29) is 24.1 Å². The fourth-order valence-electron chi connectivity index (χ4n) is 3.76. The molecule has 0 unspecified atom stereocenters. The van der Waals surface area contributed by atoms with Gasteiger partial charge in [0, 0.05) is 11.4 Å². The van der Waals surface area contributed by atoms with Crippen LogP contribution in [0.25, 0.3) is 16.7 Å². The first kappa shape index (κ1) is 24.3. The van der Waals surface area contributed by atoms with Gasteiger partial charge in [-0.3, -0.25) is 14.2 Å². The summed E-state index contributed by atoms with van der Waals surface area (Å²) in [5, 5.41) is 6.28. The van der Waals surface area contributed by atoms with E-state index in [1.54, 1.807) is 0 Å². The molecule has 0 radical (unpaired) electrons. The fraction of sp³-hybridized carbons (Fsp3) is 0.222. The van der Waals surface area contributed by atoms with Crippen LogP contribution in [0.15, 0.2) is 71.9 Å². The molecule has 0 saturated heterocycles. The molecule has 0 spiro atoms. The van der Waals surface area contributed by atoms with E-state index in [9.17, 15) is 9.59 Å². The number of nitrogens with one attached hydrogen (secondary N) is 2. The summed E-state index contributed by atoms with van der Waals surface area (Å²) >= 11 is 1.33. The Hall–Kier alpha value is -3.78. The van der Waals surface area contributed by atoms with Crippen molar-refractivity contribution in [1.82, 2.24) is 14.9 Å². The summed E-state index contributed by atoms with van der Waals surface area (Å²) in [4.78, 5) is 29.6. The zero-order valence-corrected chi connectivity index (χ0v) is 20.8. The predicted molar refractivity (Wildman–Crippen MR) is 141 cm³/mol. The first-order valence-electron chi connectivity index (χ1n) is 11.4. The Labute approximate surface area is 208 Å². The van der Waals surface area contributed by atoms with Gasteiger partial charge in [0.2, 0.25) is 11.8 Å². The van der Waals surface area contributed by atoms with Crippen molar-refractivity contribution >= 4 is 40.3 Å². The van der Waals surface area contributed by atoms with Crippen molar-refractivity contribution in [3.05, 3.63) is 77.9 Å². The van der Waals surface area contributed by atoms with Gasteiger partial charge in [0.1, 0.15) is 5.75 Å². The number of aryl methyl sites for hydroxylation is 2. The maximum atomic E-state index is 12.5. The predicted octanol–water partition coefficient (Wildman–Crippen LogP) is 4.89. The molecule has 8 heteroatoms. The van der Waals surface area contributed by atoms with Crippen LogP contribution in [0.1, 0.15) is 18.1 Å². The topological polar surface area (TPSA) is 85.2 Å². The highest BCUT2D eigenvalue weighted by molar-refractivity contribution is 7.99. The third kappa shape index (κ3) is 5.84. The average Bonchev–Trinajstić information content (AvgIpc) is 3.23. The Morgan fingerprint density at radius 3 is 2.37 bits per heavy atom. The number of hydrogen-bond acceptors (Lipinski definition) is 5. The van der Waals surface area contributed by atoms with E-state index in [0.717, 1.165) is 39.3 Å². The van der Waals surface area contributed by atoms with Gasteiger partial charge in [0.05, 0.1) is 29.9 Å². The smallest absolute Gasteiger partial charge is 0.243 e. The molecule has 180 valence electrons. The lowest BCUT2D eigenvalue weighted by atomic mass is 10.1. The molecule has 3 aromatic carbocycles. The van der Waals surface area contributed by atoms with Crippen LogP contribution < -0.4 is 15.4 Å². The summed E-state index contributed by atoms with van der Waals surface area (Å²) in [6.07, 6.45) is 0. The first-order chi connectivity index (χ1) is 17.0. The molecule has 2 amide bonds. The molecule has 0 aliphatic heterocycles. The summed E-state index contributed by atoms with van der Waals surface area (Å²) in [5.41, 5.74) is 5.47. The van der Waals surface area contributed by atoms with Gasteiger partial charge in [-0.1, -0.05) is 42.1 Å². The van der Waals surface area contributed by atoms with Crippen molar-refractivity contribution in [2.24, 2.45) is 0 Å². The molecule has 0 aliphatic rings. The highest BCUT2D eigenvalue weighted by Gasteiger charge is 2.15. The summed E-state index contributed by atoms with van der Waals surface area (Å²) < 4.78 is 7.58. The van der Waals surface area contributed by atoms with Crippen molar-refractivity contribution < 1.29 is 14.3 Å². The number of amides is 2. The van der Waals surface area contributed by atoms with E-state index >= 15 is 0 Å². The van der Waals surface area contributed by atoms with Crippen LogP contribution in [0.2, 0.25) is 0 Å². The highest BCUT2D eigenvalue weighted by Crippen LogP contribution is 2.29. The van der Waals surface area contributed by atoms with Gasteiger partial charge in [0.15, 0.2) is 5.16 Å². The van der Waals surface area contributed by atoms with Gasteiger partial charge < -0.3 is 15.4 Å². The van der Waals surface area contributed by atoms with Gasteiger partial charge in [-0.2, -0.15) is 0 Å². The lowest BCUT2D eigenvalue weighted by molar-refractivity contribution is -0.122. The Bertz CT molecular complexity index is 1330. The minimum absolute atomic E-state index is 0.0948. The second-order valence-electron chi connectivity index (χ2n) is 8.03. The molecule has 0 bridgehead atoms. The number of carbonyl (C=O) groups is 2. The highest BCUT2D eigenvalue weighted by atomic mass is 32.2. The Morgan fingerprint density at radius 1 is 0.943 bits per heavy atom. The van der Waals surface area contributed by atoms with Crippen molar-refractivity contribution in [1.29, 1.82) is 0 Å². The zero-order chi connectivity index (χ0) is 24.8. The van der Waals surface area contributed by atoms with Gasteiger partial charge in [-0.15, -0.1) is 0 Å². The summed E-state index contributed by atoms with van der Waals surface area (Å²) in [7, 11) is 0. The molecular formula is C27H28N4O3S. The number of rotatable bonds is 9. The molecule has 1 aromatic heterocycles. The van der Waals surface area contributed by atoms with E-state index in [4.69, 9.17) is 9.72 Å².